The van der Waals surface area contributed by atoms with Crippen molar-refractivity contribution in [3.8, 4) is 0 Å². The Bertz CT molecular complexity index is 759. The van der Waals surface area contributed by atoms with Crippen LogP contribution in [-0.2, 0) is 0 Å². The molecule has 1 unspecified atom stereocenters. The maximum Gasteiger partial charge on any atom is 0.412 e. The van der Waals surface area contributed by atoms with Crippen LogP contribution in [0.5, 0.6) is 0 Å². The van der Waals surface area contributed by atoms with Crippen LogP contribution in [0.1, 0.15) is 60.5 Å². The summed E-state index contributed by atoms with van der Waals surface area (Å²) in [7, 11) is 0. The molecule has 4 bridgehead atoms. The number of benzene rings is 1. The summed E-state index contributed by atoms with van der Waals surface area (Å²) >= 11 is 0. The monoisotopic (exact) mass is 411 g/mol. The minimum absolute atomic E-state index is 0.00944. The van der Waals surface area contributed by atoms with Gasteiger partial charge >= 0.3 is 12.2 Å². The highest BCUT2D eigenvalue weighted by atomic mass is 19.4. The van der Waals surface area contributed by atoms with Crippen LogP contribution in [-0.4, -0.2) is 28.9 Å². The Labute approximate surface area is 166 Å². The first-order valence-electron chi connectivity index (χ1n) is 9.87. The molecule has 0 aliphatic heterocycles. The predicted octanol–water partition coefficient (Wildman–Crippen LogP) is 3.68. The van der Waals surface area contributed by atoms with Crippen LogP contribution in [0.4, 0.5) is 18.0 Å². The molecule has 4 fully saturated rings. The molecule has 0 spiro atoms. The number of carbonyl (C=O) groups excluding carboxylic acids is 2. The van der Waals surface area contributed by atoms with Crippen LogP contribution in [0, 0.1) is 17.8 Å². The number of rotatable bonds is 4. The fourth-order valence-corrected chi connectivity index (χ4v) is 5.92. The molecule has 0 saturated heterocycles. The summed E-state index contributed by atoms with van der Waals surface area (Å²) in [5.41, 5.74) is 0.855. The molecular weight excluding hydrogens is 387 g/mol. The third kappa shape index (κ3) is 4.05. The standard InChI is InChI=1S/C20H24F3N3O3/c21-20(22,23)16(14-1-3-15(4-2-14)17(27)26-29)24-18(28)25-19-8-11-5-12(9-19)7-13(6-11)10-19/h1-4,11-13,16,29H,5-10H2,(H,26,27)(H2,24,25,28). The van der Waals surface area contributed by atoms with Gasteiger partial charge in [-0.2, -0.15) is 13.2 Å². The molecule has 0 heterocycles. The van der Waals surface area contributed by atoms with Gasteiger partial charge in [0.15, 0.2) is 6.04 Å². The van der Waals surface area contributed by atoms with E-state index in [-0.39, 0.29) is 11.1 Å². The maximum atomic E-state index is 13.6. The molecule has 4 N–H and O–H groups in total. The Morgan fingerprint density at radius 1 is 1.00 bits per heavy atom. The van der Waals surface area contributed by atoms with Gasteiger partial charge in [-0.05, 0) is 74.0 Å². The topological polar surface area (TPSA) is 90.5 Å². The van der Waals surface area contributed by atoms with Crippen molar-refractivity contribution in [3.63, 3.8) is 0 Å². The number of nitrogens with one attached hydrogen (secondary N) is 3. The third-order valence-corrected chi connectivity index (χ3v) is 6.63. The summed E-state index contributed by atoms with van der Waals surface area (Å²) in [6, 6.07) is 1.56. The Morgan fingerprint density at radius 3 is 1.97 bits per heavy atom. The van der Waals surface area contributed by atoms with Crippen molar-refractivity contribution in [2.75, 3.05) is 0 Å². The number of hydrogen-bond acceptors (Lipinski definition) is 3. The van der Waals surface area contributed by atoms with Crippen molar-refractivity contribution >= 4 is 11.9 Å². The fourth-order valence-electron chi connectivity index (χ4n) is 5.92. The molecule has 4 aliphatic rings. The summed E-state index contributed by atoms with van der Waals surface area (Å²) < 4.78 is 40.9. The molecule has 0 aromatic heterocycles. The van der Waals surface area contributed by atoms with Crippen LogP contribution in [0.3, 0.4) is 0 Å². The molecule has 6 nitrogen and oxygen atoms in total. The molecule has 1 atom stereocenters. The molecule has 158 valence electrons. The zero-order valence-electron chi connectivity index (χ0n) is 15.8. The van der Waals surface area contributed by atoms with E-state index in [2.05, 4.69) is 10.6 Å². The highest BCUT2D eigenvalue weighted by molar-refractivity contribution is 5.93. The van der Waals surface area contributed by atoms with Gasteiger partial charge in [0.1, 0.15) is 0 Å². The van der Waals surface area contributed by atoms with Crippen LogP contribution in [0.2, 0.25) is 0 Å². The minimum atomic E-state index is -4.69. The lowest BCUT2D eigenvalue weighted by atomic mass is 9.53. The van der Waals surface area contributed by atoms with Crippen LogP contribution < -0.4 is 16.1 Å². The zero-order valence-corrected chi connectivity index (χ0v) is 15.8. The van der Waals surface area contributed by atoms with E-state index in [4.69, 9.17) is 5.21 Å². The second-order valence-corrected chi connectivity index (χ2v) is 8.83. The molecule has 4 aliphatic carbocycles. The van der Waals surface area contributed by atoms with E-state index in [0.29, 0.717) is 17.8 Å². The lowest BCUT2D eigenvalue weighted by Crippen LogP contribution is -2.62. The van der Waals surface area contributed by atoms with Crippen molar-refractivity contribution in [2.24, 2.45) is 17.8 Å². The molecule has 29 heavy (non-hydrogen) atoms. The molecule has 0 radical (unpaired) electrons. The summed E-state index contributed by atoms with van der Waals surface area (Å²) in [5, 5.41) is 13.6. The van der Waals surface area contributed by atoms with Gasteiger partial charge in [-0.25, -0.2) is 10.3 Å². The van der Waals surface area contributed by atoms with Crippen LogP contribution >= 0.6 is 0 Å². The van der Waals surface area contributed by atoms with Crippen molar-refractivity contribution in [1.82, 2.24) is 16.1 Å². The highest BCUT2D eigenvalue weighted by Crippen LogP contribution is 2.55. The van der Waals surface area contributed by atoms with E-state index in [9.17, 15) is 22.8 Å². The van der Waals surface area contributed by atoms with E-state index in [1.807, 2.05) is 0 Å². The Morgan fingerprint density at radius 2 is 1.52 bits per heavy atom. The number of urea groups is 1. The first-order chi connectivity index (χ1) is 13.7. The SMILES string of the molecule is O=C(NC(c1ccc(C(=O)NO)cc1)C(F)(F)F)NC12CC3CC(CC(C3)C1)C2. The second-order valence-electron chi connectivity index (χ2n) is 8.83. The first kappa shape index (κ1) is 20.0. The highest BCUT2D eigenvalue weighted by Gasteiger charge is 2.52. The first-order valence-corrected chi connectivity index (χ1v) is 9.87. The van der Waals surface area contributed by atoms with Gasteiger partial charge in [0.2, 0.25) is 0 Å². The largest absolute Gasteiger partial charge is 0.412 e. The number of halogens is 3. The quantitative estimate of drug-likeness (QED) is 0.450. The van der Waals surface area contributed by atoms with Gasteiger partial charge in [-0.3, -0.25) is 10.0 Å². The molecule has 9 heteroatoms. The van der Waals surface area contributed by atoms with Gasteiger partial charge in [0.05, 0.1) is 0 Å². The van der Waals surface area contributed by atoms with E-state index >= 15 is 0 Å². The van der Waals surface area contributed by atoms with Gasteiger partial charge in [0.25, 0.3) is 5.91 Å². The van der Waals surface area contributed by atoms with Crippen LogP contribution in [0.25, 0.3) is 0 Å². The van der Waals surface area contributed by atoms with Gasteiger partial charge < -0.3 is 10.6 Å². The summed E-state index contributed by atoms with van der Waals surface area (Å²) in [4.78, 5) is 23.9. The third-order valence-electron chi connectivity index (χ3n) is 6.63. The average Bonchev–Trinajstić information content (AvgIpc) is 2.63. The Hall–Kier alpha value is -2.29. The van der Waals surface area contributed by atoms with E-state index in [1.165, 1.54) is 24.7 Å². The summed E-state index contributed by atoms with van der Waals surface area (Å²) in [6.45, 7) is 0. The van der Waals surface area contributed by atoms with Gasteiger partial charge in [0, 0.05) is 11.1 Å². The summed E-state index contributed by atoms with van der Waals surface area (Å²) in [6.07, 6.45) is 1.33. The van der Waals surface area contributed by atoms with Crippen molar-refractivity contribution in [3.05, 3.63) is 35.4 Å². The lowest BCUT2D eigenvalue weighted by molar-refractivity contribution is -0.155. The Kier molecular flexibility index (Phi) is 4.96. The Balaban J connectivity index is 1.47. The van der Waals surface area contributed by atoms with Crippen molar-refractivity contribution in [2.45, 2.75) is 56.3 Å². The smallest absolute Gasteiger partial charge is 0.333 e. The number of carbonyl (C=O) groups is 2. The van der Waals surface area contributed by atoms with Crippen LogP contribution in [0.15, 0.2) is 24.3 Å². The fraction of sp³-hybridized carbons (Fsp3) is 0.600. The predicted molar refractivity (Wildman–Crippen MR) is 97.1 cm³/mol. The number of alkyl halides is 3. The lowest BCUT2D eigenvalue weighted by Gasteiger charge is -2.56. The molecule has 1 aromatic carbocycles. The van der Waals surface area contributed by atoms with E-state index in [0.717, 1.165) is 43.5 Å². The molecule has 5 rings (SSSR count). The van der Waals surface area contributed by atoms with E-state index < -0.39 is 29.7 Å². The number of hydroxylamine groups is 1. The second kappa shape index (κ2) is 7.19. The molecule has 1 aromatic rings. The molecular formula is C20H24F3N3O3. The molecule has 4 saturated carbocycles. The van der Waals surface area contributed by atoms with Crippen molar-refractivity contribution < 1.29 is 28.0 Å². The number of amides is 3. The van der Waals surface area contributed by atoms with E-state index in [1.54, 1.807) is 0 Å². The zero-order chi connectivity index (χ0) is 20.8. The maximum absolute atomic E-state index is 13.6. The van der Waals surface area contributed by atoms with Gasteiger partial charge in [-0.1, -0.05) is 12.1 Å². The minimum Gasteiger partial charge on any atom is -0.333 e. The number of hydrogen-bond donors (Lipinski definition) is 4. The van der Waals surface area contributed by atoms with Crippen molar-refractivity contribution in [1.29, 1.82) is 0 Å². The average molecular weight is 411 g/mol. The normalized spacial score (nSPS) is 31.2. The molecule has 3 amide bonds. The summed E-state index contributed by atoms with van der Waals surface area (Å²) in [5.74, 6) is 0.855. The van der Waals surface area contributed by atoms with Gasteiger partial charge in [-0.15, -0.1) is 0 Å².